The molecular formula is C17H19N3O5S2. The van der Waals surface area contributed by atoms with Gasteiger partial charge in [0.2, 0.25) is 10.0 Å². The molecule has 2 aromatic rings. The van der Waals surface area contributed by atoms with Gasteiger partial charge >= 0.3 is 5.00 Å². The molecule has 27 heavy (non-hydrogen) atoms. The van der Waals surface area contributed by atoms with Crippen molar-refractivity contribution >= 4 is 32.3 Å². The Morgan fingerprint density at radius 3 is 2.33 bits per heavy atom. The van der Waals surface area contributed by atoms with Crippen molar-refractivity contribution in [1.82, 2.24) is 9.21 Å². The molecule has 3 rings (SSSR count). The number of sulfonamides is 1. The molecule has 10 heteroatoms. The lowest BCUT2D eigenvalue weighted by molar-refractivity contribution is -0.380. The quantitative estimate of drug-likeness (QED) is 0.570. The first-order valence-electron chi connectivity index (χ1n) is 8.31. The van der Waals surface area contributed by atoms with Gasteiger partial charge in [-0.25, -0.2) is 8.42 Å². The van der Waals surface area contributed by atoms with Crippen LogP contribution in [-0.2, 0) is 10.0 Å². The van der Waals surface area contributed by atoms with Gasteiger partial charge in [-0.15, -0.1) is 0 Å². The van der Waals surface area contributed by atoms with E-state index in [0.717, 1.165) is 16.9 Å². The van der Waals surface area contributed by atoms with Crippen LogP contribution in [0.4, 0.5) is 5.00 Å². The molecule has 1 saturated heterocycles. The summed E-state index contributed by atoms with van der Waals surface area (Å²) in [7, 11) is -3.62. The van der Waals surface area contributed by atoms with Gasteiger partial charge in [-0.3, -0.25) is 14.9 Å². The van der Waals surface area contributed by atoms with Gasteiger partial charge in [0, 0.05) is 32.2 Å². The second kappa shape index (κ2) is 7.37. The lowest BCUT2D eigenvalue weighted by Gasteiger charge is -2.34. The minimum Gasteiger partial charge on any atom is -0.335 e. The van der Waals surface area contributed by atoms with Crippen LogP contribution in [0.3, 0.4) is 0 Å². The number of hydrogen-bond donors (Lipinski definition) is 0. The summed E-state index contributed by atoms with van der Waals surface area (Å²) in [6.07, 6.45) is 0. The number of amides is 1. The third-order valence-electron chi connectivity index (χ3n) is 4.46. The summed E-state index contributed by atoms with van der Waals surface area (Å²) in [5.41, 5.74) is 1.69. The highest BCUT2D eigenvalue weighted by Crippen LogP contribution is 2.26. The minimum atomic E-state index is -3.62. The van der Waals surface area contributed by atoms with Gasteiger partial charge in [0.05, 0.1) is 14.7 Å². The number of carbonyl (C=O) groups excluding carboxylic acids is 1. The zero-order chi connectivity index (χ0) is 19.8. The molecule has 1 aromatic heterocycles. The number of benzene rings is 1. The molecule has 0 unspecified atom stereocenters. The van der Waals surface area contributed by atoms with E-state index in [1.165, 1.54) is 21.3 Å². The Labute approximate surface area is 161 Å². The number of piperazine rings is 1. The van der Waals surface area contributed by atoms with E-state index in [4.69, 9.17) is 0 Å². The van der Waals surface area contributed by atoms with Crippen molar-refractivity contribution in [2.24, 2.45) is 0 Å². The Morgan fingerprint density at radius 2 is 1.78 bits per heavy atom. The maximum absolute atomic E-state index is 12.9. The Balaban J connectivity index is 1.70. The van der Waals surface area contributed by atoms with Gasteiger partial charge in [-0.2, -0.15) is 4.31 Å². The zero-order valence-corrected chi connectivity index (χ0v) is 16.5. The van der Waals surface area contributed by atoms with Gasteiger partial charge in [0.15, 0.2) is 0 Å². The molecule has 0 aliphatic carbocycles. The highest BCUT2D eigenvalue weighted by Gasteiger charge is 2.32. The Kier molecular flexibility index (Phi) is 5.31. The predicted octanol–water partition coefficient (Wildman–Crippen LogP) is 2.42. The van der Waals surface area contributed by atoms with Crippen LogP contribution in [0.1, 0.15) is 20.8 Å². The number of carbonyl (C=O) groups is 1. The second-order valence-electron chi connectivity index (χ2n) is 6.36. The average Bonchev–Trinajstić information content (AvgIpc) is 3.11. The smallest absolute Gasteiger partial charge is 0.324 e. The maximum Gasteiger partial charge on any atom is 0.324 e. The van der Waals surface area contributed by atoms with Gasteiger partial charge in [-0.05, 0) is 31.5 Å². The lowest BCUT2D eigenvalue weighted by Crippen LogP contribution is -2.50. The lowest BCUT2D eigenvalue weighted by atomic mass is 10.2. The number of rotatable bonds is 4. The fourth-order valence-electron chi connectivity index (χ4n) is 3.06. The SMILES string of the molecule is Cc1ccc(S(=O)(=O)N2CCN(C(=O)c3ccc([N+](=O)[O-])s3)CC2)c(C)c1. The number of hydrogen-bond acceptors (Lipinski definition) is 6. The molecule has 1 aromatic carbocycles. The normalized spacial score (nSPS) is 15.7. The first-order chi connectivity index (χ1) is 12.7. The van der Waals surface area contributed by atoms with Crippen molar-refractivity contribution in [2.75, 3.05) is 26.2 Å². The highest BCUT2D eigenvalue weighted by atomic mass is 32.2. The van der Waals surface area contributed by atoms with Crippen LogP contribution in [-0.4, -0.2) is 54.6 Å². The van der Waals surface area contributed by atoms with Crippen LogP contribution in [0.25, 0.3) is 0 Å². The molecule has 1 aliphatic rings. The van der Waals surface area contributed by atoms with E-state index in [2.05, 4.69) is 0 Å². The summed E-state index contributed by atoms with van der Waals surface area (Å²) in [4.78, 5) is 24.8. The van der Waals surface area contributed by atoms with Crippen LogP contribution in [0, 0.1) is 24.0 Å². The zero-order valence-electron chi connectivity index (χ0n) is 14.9. The van der Waals surface area contributed by atoms with Crippen LogP contribution >= 0.6 is 11.3 Å². The van der Waals surface area contributed by atoms with E-state index in [1.54, 1.807) is 19.1 Å². The fourth-order valence-corrected chi connectivity index (χ4v) is 5.47. The first kappa shape index (κ1) is 19.5. The van der Waals surface area contributed by atoms with Crippen molar-refractivity contribution < 1.29 is 18.1 Å². The summed E-state index contributed by atoms with van der Waals surface area (Å²) in [5.74, 6) is -0.309. The Bertz CT molecular complexity index is 992. The van der Waals surface area contributed by atoms with Gasteiger partial charge in [0.1, 0.15) is 0 Å². The van der Waals surface area contributed by atoms with Crippen molar-refractivity contribution in [2.45, 2.75) is 18.7 Å². The van der Waals surface area contributed by atoms with Crippen LogP contribution in [0.15, 0.2) is 35.2 Å². The topological polar surface area (TPSA) is 101 Å². The van der Waals surface area contributed by atoms with Crippen molar-refractivity contribution in [3.63, 3.8) is 0 Å². The molecule has 1 fully saturated rings. The molecule has 0 bridgehead atoms. The molecule has 8 nitrogen and oxygen atoms in total. The number of thiophene rings is 1. The molecule has 144 valence electrons. The number of nitrogens with zero attached hydrogens (tertiary/aromatic N) is 3. The summed E-state index contributed by atoms with van der Waals surface area (Å²) >= 11 is 0.827. The predicted molar refractivity (Wildman–Crippen MR) is 102 cm³/mol. The third kappa shape index (κ3) is 3.87. The van der Waals surface area contributed by atoms with E-state index in [0.29, 0.717) is 5.56 Å². The second-order valence-corrected chi connectivity index (χ2v) is 9.33. The van der Waals surface area contributed by atoms with Crippen molar-refractivity contribution in [3.8, 4) is 0 Å². The first-order valence-corrected chi connectivity index (χ1v) is 10.6. The molecule has 0 N–H and O–H groups in total. The van der Waals surface area contributed by atoms with Gasteiger partial charge in [-0.1, -0.05) is 29.0 Å². The monoisotopic (exact) mass is 409 g/mol. The highest BCUT2D eigenvalue weighted by molar-refractivity contribution is 7.89. The fraction of sp³-hybridized carbons (Fsp3) is 0.353. The van der Waals surface area contributed by atoms with E-state index < -0.39 is 14.9 Å². The summed E-state index contributed by atoms with van der Waals surface area (Å²) in [5, 5.41) is 10.7. The molecule has 2 heterocycles. The van der Waals surface area contributed by atoms with E-state index >= 15 is 0 Å². The molecule has 1 aliphatic heterocycles. The largest absolute Gasteiger partial charge is 0.335 e. The minimum absolute atomic E-state index is 0.0885. The van der Waals surface area contributed by atoms with Crippen molar-refractivity contribution in [1.29, 1.82) is 0 Å². The molecule has 1 amide bonds. The van der Waals surface area contributed by atoms with Crippen LogP contribution in [0.2, 0.25) is 0 Å². The molecular weight excluding hydrogens is 390 g/mol. The Morgan fingerprint density at radius 1 is 1.11 bits per heavy atom. The average molecular weight is 409 g/mol. The van der Waals surface area contributed by atoms with Crippen LogP contribution in [0.5, 0.6) is 0 Å². The molecule has 0 spiro atoms. The summed E-state index contributed by atoms with van der Waals surface area (Å²) in [6, 6.07) is 7.95. The van der Waals surface area contributed by atoms with E-state index in [1.807, 2.05) is 13.0 Å². The van der Waals surface area contributed by atoms with E-state index in [-0.39, 0.29) is 46.9 Å². The molecule has 0 radical (unpaired) electrons. The maximum atomic E-state index is 12.9. The van der Waals surface area contributed by atoms with E-state index in [9.17, 15) is 23.3 Å². The Hall–Kier alpha value is -2.30. The number of aryl methyl sites for hydroxylation is 2. The molecule has 0 saturated carbocycles. The van der Waals surface area contributed by atoms with Crippen molar-refractivity contribution in [3.05, 3.63) is 56.5 Å². The van der Waals surface area contributed by atoms with Crippen LogP contribution < -0.4 is 0 Å². The summed E-state index contributed by atoms with van der Waals surface area (Å²) in [6.45, 7) is 4.54. The summed E-state index contributed by atoms with van der Waals surface area (Å²) < 4.78 is 27.2. The van der Waals surface area contributed by atoms with Gasteiger partial charge in [0.25, 0.3) is 5.91 Å². The standard InChI is InChI=1S/C17H19N3O5S2/c1-12-3-5-15(13(2)11-12)27(24,25)19-9-7-18(8-10-19)17(21)14-4-6-16(26-14)20(22)23/h3-6,11H,7-10H2,1-2H3. The number of nitro groups is 1. The van der Waals surface area contributed by atoms with Gasteiger partial charge < -0.3 is 4.90 Å². The molecule has 0 atom stereocenters. The third-order valence-corrected chi connectivity index (χ3v) is 7.54.